The fourth-order valence-electron chi connectivity index (χ4n) is 1.50. The van der Waals surface area contributed by atoms with Gasteiger partial charge in [0.05, 0.1) is 10.7 Å². The molecule has 16 heavy (non-hydrogen) atoms. The van der Waals surface area contributed by atoms with Crippen molar-refractivity contribution < 1.29 is 9.90 Å². The molecule has 1 N–H and O–H groups in total. The molecule has 3 nitrogen and oxygen atoms in total. The van der Waals surface area contributed by atoms with Crippen molar-refractivity contribution in [2.45, 2.75) is 19.9 Å². The van der Waals surface area contributed by atoms with Crippen molar-refractivity contribution in [1.29, 1.82) is 0 Å². The third kappa shape index (κ3) is 2.80. The van der Waals surface area contributed by atoms with Crippen LogP contribution in [-0.2, 0) is 4.79 Å². The number of carbonyl (C=O) groups is 1. The van der Waals surface area contributed by atoms with E-state index in [1.54, 1.807) is 30.0 Å². The molecule has 0 saturated heterocycles. The van der Waals surface area contributed by atoms with Gasteiger partial charge in [0.25, 0.3) is 0 Å². The lowest BCUT2D eigenvalue weighted by molar-refractivity contribution is -0.138. The van der Waals surface area contributed by atoms with Gasteiger partial charge in [0.1, 0.15) is 6.04 Å². The first-order chi connectivity index (χ1) is 7.47. The summed E-state index contributed by atoms with van der Waals surface area (Å²) in [5, 5.41) is 9.98. The van der Waals surface area contributed by atoms with Crippen LogP contribution >= 0.6 is 23.2 Å². The van der Waals surface area contributed by atoms with Crippen molar-refractivity contribution in [3.63, 3.8) is 0 Å². The summed E-state index contributed by atoms with van der Waals surface area (Å²) < 4.78 is 0. The average molecular weight is 262 g/mol. The van der Waals surface area contributed by atoms with E-state index in [-0.39, 0.29) is 0 Å². The maximum atomic E-state index is 10.9. The molecule has 0 spiro atoms. The Balaban J connectivity index is 3.08. The number of carboxylic acids is 1. The normalized spacial score (nSPS) is 12.2. The highest BCUT2D eigenvalue weighted by Crippen LogP contribution is 2.29. The number of benzene rings is 1. The van der Waals surface area contributed by atoms with Gasteiger partial charge in [-0.15, -0.1) is 0 Å². The van der Waals surface area contributed by atoms with E-state index in [0.29, 0.717) is 22.3 Å². The van der Waals surface area contributed by atoms with Crippen LogP contribution in [0.25, 0.3) is 0 Å². The zero-order chi connectivity index (χ0) is 12.3. The molecule has 88 valence electrons. The molecule has 1 aromatic rings. The predicted molar refractivity (Wildman–Crippen MR) is 66.6 cm³/mol. The molecule has 0 saturated carbocycles. The number of carboxylic acid groups (broad SMARTS) is 1. The highest BCUT2D eigenvalue weighted by atomic mass is 35.5. The van der Waals surface area contributed by atoms with Gasteiger partial charge in [-0.25, -0.2) is 4.79 Å². The number of hydrogen-bond donors (Lipinski definition) is 1. The lowest BCUT2D eigenvalue weighted by Crippen LogP contribution is -2.39. The summed E-state index contributed by atoms with van der Waals surface area (Å²) in [4.78, 5) is 12.6. The first kappa shape index (κ1) is 13.1. The van der Waals surface area contributed by atoms with Gasteiger partial charge >= 0.3 is 5.97 Å². The minimum atomic E-state index is -0.882. The van der Waals surface area contributed by atoms with Gasteiger partial charge in [-0.05, 0) is 32.0 Å². The van der Waals surface area contributed by atoms with Crippen LogP contribution in [0.5, 0.6) is 0 Å². The van der Waals surface area contributed by atoms with Crippen molar-refractivity contribution in [3.8, 4) is 0 Å². The second kappa shape index (κ2) is 5.41. The Morgan fingerprint density at radius 1 is 1.50 bits per heavy atom. The second-order valence-corrected chi connectivity index (χ2v) is 4.24. The number of hydrogen-bond acceptors (Lipinski definition) is 2. The predicted octanol–water partition coefficient (Wildman–Crippen LogP) is 3.29. The zero-order valence-electron chi connectivity index (χ0n) is 9.08. The summed E-state index contributed by atoms with van der Waals surface area (Å²) >= 11 is 11.8. The van der Waals surface area contributed by atoms with E-state index < -0.39 is 12.0 Å². The molecule has 0 aliphatic rings. The first-order valence-electron chi connectivity index (χ1n) is 4.91. The highest BCUT2D eigenvalue weighted by molar-refractivity contribution is 6.36. The first-order valence-corrected chi connectivity index (χ1v) is 5.67. The maximum absolute atomic E-state index is 10.9. The minimum absolute atomic E-state index is 0.461. The molecule has 0 aliphatic heterocycles. The van der Waals surface area contributed by atoms with Crippen LogP contribution in [0.1, 0.15) is 13.8 Å². The Labute approximate surface area is 105 Å². The lowest BCUT2D eigenvalue weighted by atomic mass is 10.2. The van der Waals surface area contributed by atoms with Gasteiger partial charge in [-0.2, -0.15) is 0 Å². The molecular weight excluding hydrogens is 249 g/mol. The minimum Gasteiger partial charge on any atom is -0.480 e. The van der Waals surface area contributed by atoms with Crippen LogP contribution in [-0.4, -0.2) is 23.7 Å². The number of rotatable bonds is 4. The fraction of sp³-hybridized carbons (Fsp3) is 0.364. The van der Waals surface area contributed by atoms with Crippen LogP contribution in [0.3, 0.4) is 0 Å². The molecule has 1 aromatic carbocycles. The van der Waals surface area contributed by atoms with E-state index in [9.17, 15) is 4.79 Å². The maximum Gasteiger partial charge on any atom is 0.326 e. The topological polar surface area (TPSA) is 40.5 Å². The van der Waals surface area contributed by atoms with E-state index in [0.717, 1.165) is 0 Å². The van der Waals surface area contributed by atoms with Crippen molar-refractivity contribution in [3.05, 3.63) is 28.2 Å². The summed E-state index contributed by atoms with van der Waals surface area (Å²) in [6, 6.07) is 4.41. The summed E-state index contributed by atoms with van der Waals surface area (Å²) in [6.45, 7) is 4.07. The number of anilines is 1. The summed E-state index contributed by atoms with van der Waals surface area (Å²) in [5.74, 6) is -0.882. The quantitative estimate of drug-likeness (QED) is 0.905. The average Bonchev–Trinajstić information content (AvgIpc) is 2.21. The van der Waals surface area contributed by atoms with Gasteiger partial charge in [-0.1, -0.05) is 23.2 Å². The molecule has 5 heteroatoms. The summed E-state index contributed by atoms with van der Waals surface area (Å²) in [6.07, 6.45) is 0. The van der Waals surface area contributed by atoms with Crippen LogP contribution in [0.4, 0.5) is 5.69 Å². The number of aliphatic carboxylic acids is 1. The van der Waals surface area contributed by atoms with Crippen LogP contribution < -0.4 is 4.90 Å². The molecule has 0 fully saturated rings. The number of halogens is 2. The lowest BCUT2D eigenvalue weighted by Gasteiger charge is -2.28. The molecule has 0 heterocycles. The van der Waals surface area contributed by atoms with Crippen LogP contribution in [0, 0.1) is 0 Å². The number of likely N-dealkylation sites (N-methyl/N-ethyl adjacent to an activating group) is 1. The molecule has 0 bridgehead atoms. The van der Waals surface area contributed by atoms with E-state index in [2.05, 4.69) is 0 Å². The zero-order valence-corrected chi connectivity index (χ0v) is 10.6. The largest absolute Gasteiger partial charge is 0.480 e. The van der Waals surface area contributed by atoms with Crippen LogP contribution in [0.15, 0.2) is 18.2 Å². The van der Waals surface area contributed by atoms with Gasteiger partial charge in [0, 0.05) is 11.6 Å². The van der Waals surface area contributed by atoms with Gasteiger partial charge < -0.3 is 10.0 Å². The fourth-order valence-corrected chi connectivity index (χ4v) is 2.02. The molecule has 0 aromatic heterocycles. The Morgan fingerprint density at radius 2 is 2.12 bits per heavy atom. The van der Waals surface area contributed by atoms with Crippen molar-refractivity contribution >= 4 is 34.9 Å². The van der Waals surface area contributed by atoms with E-state index in [1.807, 2.05) is 6.92 Å². The Hall–Kier alpha value is -0.930. The third-order valence-corrected chi connectivity index (χ3v) is 2.92. The molecule has 1 atom stereocenters. The highest BCUT2D eigenvalue weighted by Gasteiger charge is 2.21. The molecule has 0 amide bonds. The third-order valence-electron chi connectivity index (χ3n) is 2.38. The second-order valence-electron chi connectivity index (χ2n) is 3.40. The van der Waals surface area contributed by atoms with Crippen molar-refractivity contribution in [2.75, 3.05) is 11.4 Å². The van der Waals surface area contributed by atoms with Gasteiger partial charge in [0.2, 0.25) is 0 Å². The summed E-state index contributed by atoms with van der Waals surface area (Å²) in [7, 11) is 0. The standard InChI is InChI=1S/C11H13Cl2NO2/c1-3-14(7(2)11(15)16)10-5-4-8(12)6-9(10)13/h4-7H,3H2,1-2H3,(H,15,16)/t7-/m1/s1. The Bertz CT molecular complexity index is 396. The van der Waals surface area contributed by atoms with E-state index in [1.165, 1.54) is 0 Å². The Morgan fingerprint density at radius 3 is 2.56 bits per heavy atom. The monoisotopic (exact) mass is 261 g/mol. The molecule has 1 rings (SSSR count). The van der Waals surface area contributed by atoms with Gasteiger partial charge in [0.15, 0.2) is 0 Å². The van der Waals surface area contributed by atoms with Crippen molar-refractivity contribution in [1.82, 2.24) is 0 Å². The SMILES string of the molecule is CCN(c1ccc(Cl)cc1Cl)[C@H](C)C(=O)O. The van der Waals surface area contributed by atoms with E-state index in [4.69, 9.17) is 28.3 Å². The molecular formula is C11H13Cl2NO2. The van der Waals surface area contributed by atoms with Crippen molar-refractivity contribution in [2.24, 2.45) is 0 Å². The van der Waals surface area contributed by atoms with E-state index >= 15 is 0 Å². The van der Waals surface area contributed by atoms with Gasteiger partial charge in [-0.3, -0.25) is 0 Å². The summed E-state index contributed by atoms with van der Waals surface area (Å²) in [5.41, 5.74) is 0.684. The molecule has 0 radical (unpaired) electrons. The number of nitrogens with zero attached hydrogens (tertiary/aromatic N) is 1. The Kier molecular flexibility index (Phi) is 4.44. The van der Waals surface area contributed by atoms with Crippen LogP contribution in [0.2, 0.25) is 10.0 Å². The molecule has 0 aliphatic carbocycles. The molecule has 0 unspecified atom stereocenters. The smallest absolute Gasteiger partial charge is 0.326 e.